The Kier molecular flexibility index (Phi) is 3.32. The van der Waals surface area contributed by atoms with Gasteiger partial charge in [-0.2, -0.15) is 0 Å². The van der Waals surface area contributed by atoms with Gasteiger partial charge >= 0.3 is 0 Å². The van der Waals surface area contributed by atoms with Crippen LogP contribution in [0, 0.1) is 0 Å². The minimum Gasteiger partial charge on any atom is -0.383 e. The van der Waals surface area contributed by atoms with E-state index in [0.29, 0.717) is 23.9 Å². The van der Waals surface area contributed by atoms with Crippen molar-refractivity contribution in [3.8, 4) is 0 Å². The maximum Gasteiger partial charge on any atom is 0.181 e. The molecule has 104 valence electrons. The van der Waals surface area contributed by atoms with E-state index in [0.717, 1.165) is 37.4 Å². The molecule has 3 rings (SSSR count). The average Bonchev–Trinajstić information content (AvgIpc) is 2.82. The van der Waals surface area contributed by atoms with Gasteiger partial charge in [-0.05, 0) is 19.3 Å². The van der Waals surface area contributed by atoms with Crippen LogP contribution < -0.4 is 4.90 Å². The Morgan fingerprint density at radius 3 is 2.63 bits per heavy atom. The van der Waals surface area contributed by atoms with Crippen molar-refractivity contribution in [2.75, 3.05) is 31.2 Å². The quantitative estimate of drug-likeness (QED) is 0.852. The molecule has 0 radical (unpaired) electrons. The van der Waals surface area contributed by atoms with Gasteiger partial charge in [0.25, 0.3) is 0 Å². The standard InChI is InChI=1S/C13H18N2O3S/c1-9(16)10-11(15-5-7-18-8-6-15)19-12(14-10)13(17)3-2-4-13/h17H,2-8H2,1H3. The summed E-state index contributed by atoms with van der Waals surface area (Å²) in [5, 5.41) is 12.0. The molecular formula is C13H18N2O3S. The van der Waals surface area contributed by atoms with Crippen LogP contribution >= 0.6 is 11.3 Å². The predicted molar refractivity (Wildman–Crippen MR) is 72.9 cm³/mol. The highest BCUT2D eigenvalue weighted by Crippen LogP contribution is 2.45. The number of carbonyl (C=O) groups is 1. The lowest BCUT2D eigenvalue weighted by molar-refractivity contribution is -0.0389. The largest absolute Gasteiger partial charge is 0.383 e. The normalized spacial score (nSPS) is 22.1. The van der Waals surface area contributed by atoms with Crippen LogP contribution in [0.5, 0.6) is 0 Å². The van der Waals surface area contributed by atoms with Crippen molar-refractivity contribution in [1.29, 1.82) is 0 Å². The maximum absolute atomic E-state index is 11.8. The van der Waals surface area contributed by atoms with Gasteiger partial charge in [0.1, 0.15) is 21.3 Å². The third-order valence-corrected chi connectivity index (χ3v) is 5.13. The van der Waals surface area contributed by atoms with E-state index < -0.39 is 5.60 Å². The molecule has 6 heteroatoms. The van der Waals surface area contributed by atoms with Gasteiger partial charge in [0.2, 0.25) is 0 Å². The van der Waals surface area contributed by atoms with E-state index in [-0.39, 0.29) is 5.78 Å². The van der Waals surface area contributed by atoms with Gasteiger partial charge in [-0.25, -0.2) is 4.98 Å². The van der Waals surface area contributed by atoms with Crippen LogP contribution in [0.4, 0.5) is 5.00 Å². The Morgan fingerprint density at radius 1 is 1.42 bits per heavy atom. The molecular weight excluding hydrogens is 264 g/mol. The van der Waals surface area contributed by atoms with Gasteiger partial charge < -0.3 is 14.7 Å². The van der Waals surface area contributed by atoms with Gasteiger partial charge in [-0.1, -0.05) is 11.3 Å². The molecule has 1 saturated carbocycles. The summed E-state index contributed by atoms with van der Waals surface area (Å²) in [6.07, 6.45) is 2.53. The number of hydrogen-bond acceptors (Lipinski definition) is 6. The van der Waals surface area contributed by atoms with Crippen LogP contribution in [0.1, 0.15) is 41.7 Å². The topological polar surface area (TPSA) is 62.7 Å². The zero-order valence-electron chi connectivity index (χ0n) is 11.0. The number of ether oxygens (including phenoxy) is 1. The molecule has 19 heavy (non-hydrogen) atoms. The lowest BCUT2D eigenvalue weighted by atomic mass is 9.81. The summed E-state index contributed by atoms with van der Waals surface area (Å²) in [6.45, 7) is 4.44. The molecule has 2 heterocycles. The van der Waals surface area contributed by atoms with Gasteiger partial charge in [0, 0.05) is 20.0 Å². The summed E-state index contributed by atoms with van der Waals surface area (Å²) >= 11 is 1.47. The highest BCUT2D eigenvalue weighted by Gasteiger charge is 2.40. The molecule has 0 spiro atoms. The Morgan fingerprint density at radius 2 is 2.11 bits per heavy atom. The summed E-state index contributed by atoms with van der Waals surface area (Å²) in [7, 11) is 0. The minimum absolute atomic E-state index is 0.0353. The van der Waals surface area contributed by atoms with Crippen LogP contribution in [0.3, 0.4) is 0 Å². The zero-order chi connectivity index (χ0) is 13.5. The summed E-state index contributed by atoms with van der Waals surface area (Å²) < 4.78 is 5.34. The van der Waals surface area contributed by atoms with E-state index in [2.05, 4.69) is 9.88 Å². The van der Waals surface area contributed by atoms with Crippen LogP contribution in [-0.2, 0) is 10.3 Å². The molecule has 0 amide bonds. The number of morpholine rings is 1. The molecule has 0 unspecified atom stereocenters. The molecule has 1 aliphatic carbocycles. The number of anilines is 1. The van der Waals surface area contributed by atoms with Crippen molar-refractivity contribution in [3.63, 3.8) is 0 Å². The van der Waals surface area contributed by atoms with E-state index in [4.69, 9.17) is 4.74 Å². The third-order valence-electron chi connectivity index (χ3n) is 3.82. The number of aromatic nitrogens is 1. The van der Waals surface area contributed by atoms with Crippen LogP contribution in [-0.4, -0.2) is 42.2 Å². The van der Waals surface area contributed by atoms with Crippen molar-refractivity contribution in [2.24, 2.45) is 0 Å². The van der Waals surface area contributed by atoms with Crippen molar-refractivity contribution in [2.45, 2.75) is 31.8 Å². The van der Waals surface area contributed by atoms with Crippen LogP contribution in [0.25, 0.3) is 0 Å². The second-order valence-electron chi connectivity index (χ2n) is 5.21. The monoisotopic (exact) mass is 282 g/mol. The van der Waals surface area contributed by atoms with Gasteiger partial charge in [0.15, 0.2) is 5.78 Å². The minimum atomic E-state index is -0.792. The summed E-state index contributed by atoms with van der Waals surface area (Å²) in [6, 6.07) is 0. The highest BCUT2D eigenvalue weighted by atomic mass is 32.1. The van der Waals surface area contributed by atoms with E-state index in [1.807, 2.05) is 0 Å². The first kappa shape index (κ1) is 13.0. The number of rotatable bonds is 3. The van der Waals surface area contributed by atoms with E-state index in [9.17, 15) is 9.90 Å². The van der Waals surface area contributed by atoms with Crippen molar-refractivity contribution < 1.29 is 14.6 Å². The fraction of sp³-hybridized carbons (Fsp3) is 0.692. The first-order valence-electron chi connectivity index (χ1n) is 6.67. The molecule has 1 aromatic heterocycles. The fourth-order valence-corrected chi connectivity index (χ4v) is 3.76. The van der Waals surface area contributed by atoms with Crippen molar-refractivity contribution >= 4 is 22.1 Å². The Balaban J connectivity index is 1.94. The van der Waals surface area contributed by atoms with Gasteiger partial charge in [-0.15, -0.1) is 0 Å². The number of thiazole rings is 1. The molecule has 1 aliphatic heterocycles. The Hall–Kier alpha value is -0.980. The van der Waals surface area contributed by atoms with Crippen molar-refractivity contribution in [3.05, 3.63) is 10.7 Å². The fourth-order valence-electron chi connectivity index (χ4n) is 2.45. The molecule has 0 aromatic carbocycles. The van der Waals surface area contributed by atoms with Gasteiger partial charge in [-0.3, -0.25) is 4.79 Å². The van der Waals surface area contributed by atoms with E-state index >= 15 is 0 Å². The number of carbonyl (C=O) groups excluding carboxylic acids is 1. The molecule has 2 fully saturated rings. The highest BCUT2D eigenvalue weighted by molar-refractivity contribution is 7.16. The molecule has 1 N–H and O–H groups in total. The Bertz CT molecular complexity index is 490. The maximum atomic E-state index is 11.8. The van der Waals surface area contributed by atoms with E-state index in [1.54, 1.807) is 0 Å². The smallest absolute Gasteiger partial charge is 0.181 e. The SMILES string of the molecule is CC(=O)c1nc(C2(O)CCC2)sc1N1CCOCC1. The van der Waals surface area contributed by atoms with E-state index in [1.165, 1.54) is 18.3 Å². The number of nitrogens with zero attached hydrogens (tertiary/aromatic N) is 2. The Labute approximate surface area is 116 Å². The molecule has 1 saturated heterocycles. The number of aliphatic hydroxyl groups is 1. The molecule has 0 atom stereocenters. The number of ketones is 1. The molecule has 5 nitrogen and oxygen atoms in total. The first-order valence-corrected chi connectivity index (χ1v) is 7.49. The number of hydrogen-bond donors (Lipinski definition) is 1. The first-order chi connectivity index (χ1) is 9.10. The zero-order valence-corrected chi connectivity index (χ0v) is 11.8. The molecule has 1 aromatic rings. The number of Topliss-reactive ketones (excluding diaryl/α,β-unsaturated/α-hetero) is 1. The van der Waals surface area contributed by atoms with Crippen LogP contribution in [0.15, 0.2) is 0 Å². The molecule has 2 aliphatic rings. The van der Waals surface area contributed by atoms with Crippen molar-refractivity contribution in [1.82, 2.24) is 4.98 Å². The second kappa shape index (κ2) is 4.85. The third kappa shape index (κ3) is 2.28. The molecule has 0 bridgehead atoms. The lowest BCUT2D eigenvalue weighted by Crippen LogP contribution is -2.36. The van der Waals surface area contributed by atoms with Gasteiger partial charge in [0.05, 0.1) is 13.2 Å². The lowest BCUT2D eigenvalue weighted by Gasteiger charge is -2.34. The van der Waals surface area contributed by atoms with Crippen LogP contribution in [0.2, 0.25) is 0 Å². The average molecular weight is 282 g/mol. The summed E-state index contributed by atoms with van der Waals surface area (Å²) in [5.74, 6) is -0.0353. The second-order valence-corrected chi connectivity index (χ2v) is 6.19. The predicted octanol–water partition coefficient (Wildman–Crippen LogP) is 1.55. The summed E-state index contributed by atoms with van der Waals surface area (Å²) in [5.41, 5.74) is -0.290. The summed E-state index contributed by atoms with van der Waals surface area (Å²) in [4.78, 5) is 18.3.